The number of nitrogens with one attached hydrogen (secondary N) is 3. The Morgan fingerprint density at radius 2 is 1.75 bits per heavy atom. The van der Waals surface area contributed by atoms with Gasteiger partial charge in [-0.25, -0.2) is 0 Å². The van der Waals surface area contributed by atoms with Crippen molar-refractivity contribution in [3.05, 3.63) is 76.5 Å². The van der Waals surface area contributed by atoms with Gasteiger partial charge in [-0.3, -0.25) is 14.9 Å². The van der Waals surface area contributed by atoms with Gasteiger partial charge in [0.2, 0.25) is 11.8 Å². The Labute approximate surface area is 200 Å². The zero-order valence-electron chi connectivity index (χ0n) is 16.9. The average Bonchev–Trinajstić information content (AvgIpc) is 3.23. The first-order valence-corrected chi connectivity index (χ1v) is 10.8. The first-order chi connectivity index (χ1) is 15.4. The molecule has 0 aliphatic carbocycles. The van der Waals surface area contributed by atoms with Gasteiger partial charge in [0.25, 0.3) is 0 Å². The highest BCUT2D eigenvalue weighted by atomic mass is 35.5. The fourth-order valence-electron chi connectivity index (χ4n) is 2.68. The monoisotopic (exact) mass is 487 g/mol. The van der Waals surface area contributed by atoms with Gasteiger partial charge in [-0.15, -0.1) is 0 Å². The second-order valence-electron chi connectivity index (χ2n) is 6.56. The number of benzene rings is 2. The Kier molecular flexibility index (Phi) is 8.05. The SMILES string of the molecule is CCC(=O)Nc1cccc(NC(=S)NC(=O)C=Cc2ccc(-c3cccc(Cl)c3Cl)o2)c1. The predicted octanol–water partition coefficient (Wildman–Crippen LogP) is 6.13. The van der Waals surface area contributed by atoms with Crippen LogP contribution in [0.1, 0.15) is 19.1 Å². The molecular formula is C23H19Cl2N3O3S. The Hall–Kier alpha value is -3.13. The molecule has 0 fully saturated rings. The first kappa shape index (κ1) is 23.5. The molecule has 6 nitrogen and oxygen atoms in total. The molecule has 32 heavy (non-hydrogen) atoms. The number of hydrogen-bond acceptors (Lipinski definition) is 4. The minimum absolute atomic E-state index is 0.0955. The lowest BCUT2D eigenvalue weighted by Gasteiger charge is -2.10. The second-order valence-corrected chi connectivity index (χ2v) is 7.76. The van der Waals surface area contributed by atoms with E-state index >= 15 is 0 Å². The lowest BCUT2D eigenvalue weighted by molar-refractivity contribution is -0.116. The van der Waals surface area contributed by atoms with Gasteiger partial charge in [-0.2, -0.15) is 0 Å². The van der Waals surface area contributed by atoms with Gasteiger partial charge in [-0.05, 0) is 60.8 Å². The molecule has 164 valence electrons. The van der Waals surface area contributed by atoms with Gasteiger partial charge in [0.1, 0.15) is 11.5 Å². The molecule has 9 heteroatoms. The van der Waals surface area contributed by atoms with Gasteiger partial charge >= 0.3 is 0 Å². The Morgan fingerprint density at radius 1 is 1.03 bits per heavy atom. The molecule has 0 saturated heterocycles. The molecule has 2 amide bonds. The third kappa shape index (κ3) is 6.43. The smallest absolute Gasteiger partial charge is 0.250 e. The Morgan fingerprint density at radius 3 is 2.50 bits per heavy atom. The van der Waals surface area contributed by atoms with Crippen LogP contribution < -0.4 is 16.0 Å². The highest BCUT2D eigenvalue weighted by molar-refractivity contribution is 7.80. The standard InChI is InChI=1S/C23H19Cl2N3O3S/c1-2-20(29)26-14-5-3-6-15(13-14)27-23(32)28-21(30)12-10-16-9-11-19(31-16)17-7-4-8-18(24)22(17)25/h3-13H,2H2,1H3,(H,26,29)(H2,27,28,30,32). The fourth-order valence-corrected chi connectivity index (χ4v) is 3.29. The molecule has 0 atom stereocenters. The van der Waals surface area contributed by atoms with E-state index in [4.69, 9.17) is 39.8 Å². The highest BCUT2D eigenvalue weighted by Gasteiger charge is 2.10. The van der Waals surface area contributed by atoms with Crippen molar-refractivity contribution in [2.75, 3.05) is 10.6 Å². The topological polar surface area (TPSA) is 83.4 Å². The molecule has 3 N–H and O–H groups in total. The minimum Gasteiger partial charge on any atom is -0.457 e. The molecule has 0 aliphatic heterocycles. The molecule has 0 bridgehead atoms. The molecule has 0 radical (unpaired) electrons. The van der Waals surface area contributed by atoms with Crippen LogP contribution in [-0.2, 0) is 9.59 Å². The summed E-state index contributed by atoms with van der Waals surface area (Å²) in [5, 5.41) is 9.15. The minimum atomic E-state index is -0.434. The van der Waals surface area contributed by atoms with Crippen molar-refractivity contribution in [3.8, 4) is 11.3 Å². The van der Waals surface area contributed by atoms with Crippen LogP contribution in [0.5, 0.6) is 0 Å². The maximum atomic E-state index is 12.2. The number of anilines is 2. The summed E-state index contributed by atoms with van der Waals surface area (Å²) in [4.78, 5) is 23.7. The van der Waals surface area contributed by atoms with E-state index in [2.05, 4.69) is 16.0 Å². The van der Waals surface area contributed by atoms with E-state index in [-0.39, 0.29) is 11.0 Å². The third-order valence-electron chi connectivity index (χ3n) is 4.20. The van der Waals surface area contributed by atoms with Crippen LogP contribution in [0, 0.1) is 0 Å². The summed E-state index contributed by atoms with van der Waals surface area (Å²) < 4.78 is 5.72. The van der Waals surface area contributed by atoms with Crippen molar-refractivity contribution in [1.82, 2.24) is 5.32 Å². The molecule has 0 unspecified atom stereocenters. The maximum Gasteiger partial charge on any atom is 0.250 e. The summed E-state index contributed by atoms with van der Waals surface area (Å²) in [6.45, 7) is 1.77. The zero-order chi connectivity index (χ0) is 23.1. The largest absolute Gasteiger partial charge is 0.457 e. The van der Waals surface area contributed by atoms with E-state index in [1.807, 2.05) is 0 Å². The predicted molar refractivity (Wildman–Crippen MR) is 133 cm³/mol. The summed E-state index contributed by atoms with van der Waals surface area (Å²) in [5.74, 6) is 0.466. The molecular weight excluding hydrogens is 469 g/mol. The van der Waals surface area contributed by atoms with Crippen molar-refractivity contribution in [1.29, 1.82) is 0 Å². The summed E-state index contributed by atoms with van der Waals surface area (Å²) in [7, 11) is 0. The van der Waals surface area contributed by atoms with Crippen LogP contribution in [0.4, 0.5) is 11.4 Å². The maximum absolute atomic E-state index is 12.2. The van der Waals surface area contributed by atoms with Crippen LogP contribution >= 0.6 is 35.4 Å². The first-order valence-electron chi connectivity index (χ1n) is 9.60. The van der Waals surface area contributed by atoms with E-state index in [0.29, 0.717) is 44.9 Å². The summed E-state index contributed by atoms with van der Waals surface area (Å²) in [6.07, 6.45) is 3.19. The number of furan rings is 1. The highest BCUT2D eigenvalue weighted by Crippen LogP contribution is 2.34. The van der Waals surface area contributed by atoms with E-state index in [1.165, 1.54) is 12.2 Å². The summed E-state index contributed by atoms with van der Waals surface area (Å²) in [6, 6.07) is 15.7. The average molecular weight is 488 g/mol. The van der Waals surface area contributed by atoms with Crippen LogP contribution in [0.2, 0.25) is 10.0 Å². The molecule has 0 spiro atoms. The fraction of sp³-hybridized carbons (Fsp3) is 0.0870. The van der Waals surface area contributed by atoms with E-state index < -0.39 is 5.91 Å². The van der Waals surface area contributed by atoms with Crippen molar-refractivity contribution >= 4 is 69.8 Å². The number of carbonyl (C=O) groups excluding carboxylic acids is 2. The van der Waals surface area contributed by atoms with Gasteiger partial charge in [0.05, 0.1) is 10.0 Å². The van der Waals surface area contributed by atoms with E-state index in [1.54, 1.807) is 61.5 Å². The second kappa shape index (κ2) is 10.9. The van der Waals surface area contributed by atoms with Crippen molar-refractivity contribution in [2.45, 2.75) is 13.3 Å². The van der Waals surface area contributed by atoms with Crippen molar-refractivity contribution in [2.24, 2.45) is 0 Å². The van der Waals surface area contributed by atoms with E-state index in [0.717, 1.165) is 0 Å². The summed E-state index contributed by atoms with van der Waals surface area (Å²) >= 11 is 17.4. The number of hydrogen-bond donors (Lipinski definition) is 3. The molecule has 3 aromatic rings. The Balaban J connectivity index is 1.57. The van der Waals surface area contributed by atoms with Gasteiger partial charge in [-0.1, -0.05) is 42.3 Å². The Bertz CT molecular complexity index is 1190. The lowest BCUT2D eigenvalue weighted by atomic mass is 10.2. The number of thiocarbonyl (C=S) groups is 1. The molecule has 1 aromatic heterocycles. The molecule has 0 saturated carbocycles. The van der Waals surface area contributed by atoms with Gasteiger partial charge < -0.3 is 15.1 Å². The summed E-state index contributed by atoms with van der Waals surface area (Å²) in [5.41, 5.74) is 1.91. The number of amides is 2. The number of rotatable bonds is 6. The normalized spacial score (nSPS) is 10.7. The van der Waals surface area contributed by atoms with Crippen molar-refractivity contribution in [3.63, 3.8) is 0 Å². The molecule has 1 heterocycles. The molecule has 0 aliphatic rings. The third-order valence-corrected chi connectivity index (χ3v) is 5.23. The van der Waals surface area contributed by atoms with Gasteiger partial charge in [0, 0.05) is 29.4 Å². The lowest BCUT2D eigenvalue weighted by Crippen LogP contribution is -2.32. The number of halogens is 2. The van der Waals surface area contributed by atoms with Crippen LogP contribution in [0.3, 0.4) is 0 Å². The quantitative estimate of drug-likeness (QED) is 0.287. The van der Waals surface area contributed by atoms with Crippen LogP contribution in [-0.4, -0.2) is 16.9 Å². The molecule has 3 rings (SSSR count). The molecule has 2 aromatic carbocycles. The van der Waals surface area contributed by atoms with Gasteiger partial charge in [0.15, 0.2) is 5.11 Å². The van der Waals surface area contributed by atoms with Crippen LogP contribution in [0.25, 0.3) is 17.4 Å². The number of carbonyl (C=O) groups is 2. The van der Waals surface area contributed by atoms with Crippen LogP contribution in [0.15, 0.2) is 65.1 Å². The zero-order valence-corrected chi connectivity index (χ0v) is 19.3. The van der Waals surface area contributed by atoms with E-state index in [9.17, 15) is 9.59 Å². The van der Waals surface area contributed by atoms with Crippen molar-refractivity contribution < 1.29 is 14.0 Å².